The molecule has 194 valence electrons. The molecule has 0 aliphatic heterocycles. The van der Waals surface area contributed by atoms with Gasteiger partial charge < -0.3 is 30.0 Å². The van der Waals surface area contributed by atoms with Gasteiger partial charge in [0.2, 0.25) is 5.95 Å². The minimum absolute atomic E-state index is 0.0243. The van der Waals surface area contributed by atoms with Crippen molar-refractivity contribution in [1.29, 1.82) is 0 Å². The van der Waals surface area contributed by atoms with Gasteiger partial charge >= 0.3 is 6.18 Å². The first kappa shape index (κ1) is 25.9. The number of aromatic nitrogens is 5. The molecule has 4 N–H and O–H groups in total. The van der Waals surface area contributed by atoms with Gasteiger partial charge in [-0.25, -0.2) is 14.4 Å². The molecule has 0 fully saturated rings. The van der Waals surface area contributed by atoms with Gasteiger partial charge in [0, 0.05) is 26.0 Å². The number of hydrogen-bond donors (Lipinski definition) is 3. The average Bonchev–Trinajstić information content (AvgIpc) is 3.17. The second-order valence-corrected chi connectivity index (χ2v) is 7.96. The molecule has 0 spiro atoms. The smallest absolute Gasteiger partial charge is 0.417 e. The van der Waals surface area contributed by atoms with E-state index in [1.807, 2.05) is 0 Å². The van der Waals surface area contributed by atoms with Crippen LogP contribution < -0.4 is 21.3 Å². The van der Waals surface area contributed by atoms with E-state index in [0.29, 0.717) is 12.3 Å². The molecule has 4 aromatic heterocycles. The molecular formula is C22H18ClF4N7O3. The predicted octanol–water partition coefficient (Wildman–Crippen LogP) is 3.41. The Kier molecular flexibility index (Phi) is 7.05. The van der Waals surface area contributed by atoms with Crippen LogP contribution in [0, 0.1) is 5.82 Å². The van der Waals surface area contributed by atoms with Crippen molar-refractivity contribution in [2.24, 2.45) is 12.8 Å². The fourth-order valence-electron chi connectivity index (χ4n) is 3.38. The van der Waals surface area contributed by atoms with E-state index in [-0.39, 0.29) is 45.9 Å². The molecule has 0 amide bonds. The van der Waals surface area contributed by atoms with Gasteiger partial charge in [-0.1, -0.05) is 11.6 Å². The van der Waals surface area contributed by atoms with E-state index in [9.17, 15) is 22.4 Å². The first-order chi connectivity index (χ1) is 17.5. The molecule has 0 aliphatic rings. The Morgan fingerprint density at radius 3 is 2.68 bits per heavy atom. The minimum Gasteiger partial charge on any atom is -0.450 e. The van der Waals surface area contributed by atoms with Crippen LogP contribution in [-0.2, 0) is 19.8 Å². The second kappa shape index (κ2) is 10.1. The van der Waals surface area contributed by atoms with Crippen molar-refractivity contribution in [3.63, 3.8) is 0 Å². The van der Waals surface area contributed by atoms with Gasteiger partial charge in [-0.2, -0.15) is 18.2 Å². The van der Waals surface area contributed by atoms with Gasteiger partial charge in [-0.15, -0.1) is 0 Å². The first-order valence-electron chi connectivity index (χ1n) is 10.5. The summed E-state index contributed by atoms with van der Waals surface area (Å²) in [6, 6.07) is 3.16. The number of nitrogens with one attached hydrogen (secondary N) is 1. The largest absolute Gasteiger partial charge is 0.450 e. The highest BCUT2D eigenvalue weighted by Crippen LogP contribution is 2.35. The standard InChI is InChI=1S/C22H18ClF4N7O3/c1-33-18-17(23)16(37-15(7-28)13-3-2-12(24)8-29-13)9-30-19(18)32-21(33)31-14-6-11(22(25,26)27)10-34(4-5-35)20(14)36/h2-3,6-10,35H,4-5,28H2,1H3,(H,30,31,32)/b15-7+. The number of alkyl halides is 3. The van der Waals surface area contributed by atoms with Gasteiger partial charge in [0.25, 0.3) is 5.56 Å². The number of nitrogens with two attached hydrogens (primary N) is 1. The van der Waals surface area contributed by atoms with Crippen molar-refractivity contribution >= 4 is 40.2 Å². The number of halogens is 5. The summed E-state index contributed by atoms with van der Waals surface area (Å²) in [6.45, 7) is -0.879. The Bertz CT molecular complexity index is 1550. The minimum atomic E-state index is -4.74. The molecule has 4 heterocycles. The Hall–Kier alpha value is -4.17. The Morgan fingerprint density at radius 2 is 2.05 bits per heavy atom. The van der Waals surface area contributed by atoms with E-state index in [4.69, 9.17) is 27.2 Å². The number of aryl methyl sites for hydroxylation is 1. The molecular weight excluding hydrogens is 522 g/mol. The van der Waals surface area contributed by atoms with E-state index in [2.05, 4.69) is 20.3 Å². The highest BCUT2D eigenvalue weighted by molar-refractivity contribution is 6.36. The summed E-state index contributed by atoms with van der Waals surface area (Å²) in [5, 5.41) is 11.8. The zero-order valence-corrected chi connectivity index (χ0v) is 19.7. The second-order valence-electron chi connectivity index (χ2n) is 7.59. The van der Waals surface area contributed by atoms with Crippen LogP contribution in [0.15, 0.2) is 47.8 Å². The van der Waals surface area contributed by atoms with E-state index >= 15 is 0 Å². The number of imidazole rings is 1. The number of hydrogen-bond acceptors (Lipinski definition) is 8. The monoisotopic (exact) mass is 539 g/mol. The van der Waals surface area contributed by atoms with Crippen LogP contribution >= 0.6 is 11.6 Å². The highest BCUT2D eigenvalue weighted by Gasteiger charge is 2.32. The van der Waals surface area contributed by atoms with E-state index in [1.165, 1.54) is 29.9 Å². The maximum Gasteiger partial charge on any atom is 0.417 e. The zero-order chi connectivity index (χ0) is 26.9. The summed E-state index contributed by atoms with van der Waals surface area (Å²) >= 11 is 6.52. The van der Waals surface area contributed by atoms with Crippen molar-refractivity contribution in [3.05, 3.63) is 75.4 Å². The molecule has 0 radical (unpaired) electrons. The maximum absolute atomic E-state index is 13.4. The Balaban J connectivity index is 1.73. The van der Waals surface area contributed by atoms with E-state index in [0.717, 1.165) is 17.0 Å². The van der Waals surface area contributed by atoms with Crippen LogP contribution in [0.25, 0.3) is 16.9 Å². The van der Waals surface area contributed by atoms with Crippen LogP contribution in [0.4, 0.5) is 29.2 Å². The summed E-state index contributed by atoms with van der Waals surface area (Å²) < 4.78 is 61.2. The molecule has 10 nitrogen and oxygen atoms in total. The number of ether oxygens (including phenoxy) is 1. The average molecular weight is 540 g/mol. The van der Waals surface area contributed by atoms with Crippen LogP contribution in [0.1, 0.15) is 11.3 Å². The molecule has 0 aliphatic carbocycles. The lowest BCUT2D eigenvalue weighted by atomic mass is 10.2. The lowest BCUT2D eigenvalue weighted by molar-refractivity contribution is -0.138. The predicted molar refractivity (Wildman–Crippen MR) is 127 cm³/mol. The van der Waals surface area contributed by atoms with Crippen LogP contribution in [-0.4, -0.2) is 35.8 Å². The van der Waals surface area contributed by atoms with Crippen LogP contribution in [0.3, 0.4) is 0 Å². The quantitative estimate of drug-likeness (QED) is 0.240. The molecule has 15 heteroatoms. The number of nitrogens with zero attached hydrogens (tertiary/aromatic N) is 5. The Morgan fingerprint density at radius 1 is 1.30 bits per heavy atom. The summed E-state index contributed by atoms with van der Waals surface area (Å²) in [4.78, 5) is 24.9. The number of aliphatic hydroxyl groups excluding tert-OH is 1. The first-order valence-corrected chi connectivity index (χ1v) is 10.8. The number of rotatable bonds is 7. The van der Waals surface area contributed by atoms with Gasteiger partial charge in [0.15, 0.2) is 17.2 Å². The fraction of sp³-hybridized carbons (Fsp3) is 0.182. The van der Waals surface area contributed by atoms with E-state index < -0.39 is 35.4 Å². The van der Waals surface area contributed by atoms with Gasteiger partial charge in [0.1, 0.15) is 27.7 Å². The number of anilines is 2. The zero-order valence-electron chi connectivity index (χ0n) is 18.9. The normalized spacial score (nSPS) is 12.2. The summed E-state index contributed by atoms with van der Waals surface area (Å²) in [5.74, 6) is -0.503. The van der Waals surface area contributed by atoms with Crippen molar-refractivity contribution in [1.82, 2.24) is 24.1 Å². The molecule has 0 atom stereocenters. The summed E-state index contributed by atoms with van der Waals surface area (Å²) in [7, 11) is 1.50. The number of aliphatic hydroxyl groups is 1. The highest BCUT2D eigenvalue weighted by atomic mass is 35.5. The molecule has 0 aromatic carbocycles. The Labute approximate surface area is 210 Å². The lowest BCUT2D eigenvalue weighted by Gasteiger charge is -2.14. The molecule has 0 unspecified atom stereocenters. The lowest BCUT2D eigenvalue weighted by Crippen LogP contribution is -2.26. The molecule has 0 saturated heterocycles. The topological polar surface area (TPSA) is 133 Å². The van der Waals surface area contributed by atoms with Crippen molar-refractivity contribution in [2.45, 2.75) is 12.7 Å². The van der Waals surface area contributed by atoms with Crippen molar-refractivity contribution in [3.8, 4) is 5.75 Å². The number of fused-ring (bicyclic) bond motifs is 1. The molecule has 4 aromatic rings. The van der Waals surface area contributed by atoms with Crippen LogP contribution in [0.2, 0.25) is 5.02 Å². The van der Waals surface area contributed by atoms with Gasteiger partial charge in [-0.3, -0.25) is 4.79 Å². The third kappa shape index (κ3) is 5.20. The van der Waals surface area contributed by atoms with Crippen LogP contribution in [0.5, 0.6) is 5.75 Å². The van der Waals surface area contributed by atoms with Crippen molar-refractivity contribution < 1.29 is 27.4 Å². The SMILES string of the molecule is Cn1c(Nc2cc(C(F)(F)F)cn(CCO)c2=O)nc2ncc(O/C(=C/N)c3ccc(F)cn3)c(Cl)c21. The van der Waals surface area contributed by atoms with Crippen molar-refractivity contribution in [2.75, 3.05) is 11.9 Å². The third-order valence-corrected chi connectivity index (χ3v) is 5.52. The molecule has 37 heavy (non-hydrogen) atoms. The summed E-state index contributed by atoms with van der Waals surface area (Å²) in [6.07, 6.45) is -0.792. The van der Waals surface area contributed by atoms with E-state index in [1.54, 1.807) is 0 Å². The number of pyridine rings is 3. The maximum atomic E-state index is 13.4. The molecule has 0 bridgehead atoms. The third-order valence-electron chi connectivity index (χ3n) is 5.16. The summed E-state index contributed by atoms with van der Waals surface area (Å²) in [5.41, 5.74) is 3.85. The van der Waals surface area contributed by atoms with Gasteiger partial charge in [-0.05, 0) is 18.2 Å². The molecule has 4 rings (SSSR count). The fourth-order valence-corrected chi connectivity index (χ4v) is 3.68. The van der Waals surface area contributed by atoms with Gasteiger partial charge in [0.05, 0.1) is 24.6 Å². The molecule has 0 saturated carbocycles.